The molecule has 0 aliphatic carbocycles. The van der Waals surface area contributed by atoms with Crippen LogP contribution >= 0.6 is 0 Å². The number of hydrogen-bond donors (Lipinski definition) is 1. The Hall–Kier alpha value is -1.68. The summed E-state index contributed by atoms with van der Waals surface area (Å²) in [6.45, 7) is 3.45. The van der Waals surface area contributed by atoms with Crippen molar-refractivity contribution < 1.29 is 14.3 Å². The minimum atomic E-state index is -0.704. The van der Waals surface area contributed by atoms with E-state index in [0.29, 0.717) is 12.6 Å². The van der Waals surface area contributed by atoms with E-state index in [-0.39, 0.29) is 11.7 Å². The monoisotopic (exact) mass is 277 g/mol. The molecule has 0 spiro atoms. The fourth-order valence-electron chi connectivity index (χ4n) is 2.53. The Kier molecular flexibility index (Phi) is 4.90. The number of rotatable bonds is 4. The van der Waals surface area contributed by atoms with Gasteiger partial charge in [-0.05, 0) is 37.5 Å². The highest BCUT2D eigenvalue weighted by Crippen LogP contribution is 2.22. The van der Waals surface area contributed by atoms with Gasteiger partial charge >= 0.3 is 5.97 Å². The molecule has 0 aromatic heterocycles. The largest absolute Gasteiger partial charge is 0.481 e. The molecule has 0 amide bonds. The number of carbonyl (C=O) groups is 1. The number of piperidine rings is 1. The van der Waals surface area contributed by atoms with Crippen molar-refractivity contribution in [3.63, 3.8) is 0 Å². The van der Waals surface area contributed by atoms with Crippen molar-refractivity contribution in [1.29, 1.82) is 0 Å². The predicted octanol–water partition coefficient (Wildman–Crippen LogP) is 3.02. The molecule has 1 N–H and O–H groups in total. The molecule has 1 aliphatic heterocycles. The molecule has 20 heavy (non-hydrogen) atoms. The van der Waals surface area contributed by atoms with Gasteiger partial charge in [-0.1, -0.05) is 24.3 Å². The van der Waals surface area contributed by atoms with Gasteiger partial charge in [-0.25, -0.2) is 4.39 Å². The van der Waals surface area contributed by atoms with Crippen LogP contribution in [0.3, 0.4) is 0 Å². The van der Waals surface area contributed by atoms with Crippen molar-refractivity contribution in [2.24, 2.45) is 5.92 Å². The molecule has 108 valence electrons. The van der Waals surface area contributed by atoms with Gasteiger partial charge in [0, 0.05) is 19.1 Å². The zero-order chi connectivity index (χ0) is 14.5. The summed E-state index contributed by atoms with van der Waals surface area (Å²) in [5.74, 6) is -1.20. The predicted molar refractivity (Wildman–Crippen MR) is 76.8 cm³/mol. The van der Waals surface area contributed by atoms with Crippen LogP contribution in [0.4, 0.5) is 4.39 Å². The quantitative estimate of drug-likeness (QED) is 0.919. The molecule has 1 aromatic rings. The first-order chi connectivity index (χ1) is 9.56. The number of likely N-dealkylation sites (tertiary alicyclic amines) is 1. The molecule has 0 bridgehead atoms. The third-order valence-electron chi connectivity index (χ3n) is 3.88. The summed E-state index contributed by atoms with van der Waals surface area (Å²) < 4.78 is 12.8. The molecule has 1 aliphatic rings. The molecule has 1 heterocycles. The Morgan fingerprint density at radius 2 is 2.10 bits per heavy atom. The Labute approximate surface area is 118 Å². The van der Waals surface area contributed by atoms with Crippen LogP contribution in [0.1, 0.15) is 25.3 Å². The van der Waals surface area contributed by atoms with E-state index in [2.05, 4.69) is 11.8 Å². The molecule has 2 rings (SSSR count). The lowest BCUT2D eigenvalue weighted by molar-refractivity contribution is -0.144. The normalized spacial score (nSPS) is 24.1. The molecule has 1 saturated heterocycles. The van der Waals surface area contributed by atoms with Crippen LogP contribution in [0.5, 0.6) is 0 Å². The van der Waals surface area contributed by atoms with Crippen molar-refractivity contribution >= 4 is 12.0 Å². The summed E-state index contributed by atoms with van der Waals surface area (Å²) >= 11 is 0. The van der Waals surface area contributed by atoms with Gasteiger partial charge in [0.25, 0.3) is 0 Å². The second-order valence-corrected chi connectivity index (χ2v) is 5.37. The van der Waals surface area contributed by atoms with E-state index < -0.39 is 5.97 Å². The van der Waals surface area contributed by atoms with E-state index in [1.54, 1.807) is 12.1 Å². The number of carboxylic acids is 1. The first kappa shape index (κ1) is 14.7. The SMILES string of the molecule is CC1CCC(C(=O)O)CN1C/C=C/c1ccc(F)cc1. The fraction of sp³-hybridized carbons (Fsp3) is 0.438. The zero-order valence-electron chi connectivity index (χ0n) is 11.6. The van der Waals surface area contributed by atoms with Gasteiger partial charge in [-0.2, -0.15) is 0 Å². The molecule has 1 fully saturated rings. The maximum absolute atomic E-state index is 12.8. The standard InChI is InChI=1S/C16H20FNO2/c1-12-4-7-14(16(19)20)11-18(12)10-2-3-13-5-8-15(17)9-6-13/h2-3,5-6,8-9,12,14H,4,7,10-11H2,1H3,(H,19,20)/b3-2+. The van der Waals surface area contributed by atoms with E-state index in [0.717, 1.165) is 24.9 Å². The van der Waals surface area contributed by atoms with Crippen molar-refractivity contribution in [3.8, 4) is 0 Å². The summed E-state index contributed by atoms with van der Waals surface area (Å²) in [4.78, 5) is 13.2. The maximum Gasteiger partial charge on any atom is 0.307 e. The summed E-state index contributed by atoms with van der Waals surface area (Å²) in [5, 5.41) is 9.09. The van der Waals surface area contributed by atoms with E-state index in [1.165, 1.54) is 12.1 Å². The number of benzene rings is 1. The highest BCUT2D eigenvalue weighted by Gasteiger charge is 2.28. The van der Waals surface area contributed by atoms with Gasteiger partial charge in [0.2, 0.25) is 0 Å². The van der Waals surface area contributed by atoms with Crippen molar-refractivity contribution in [2.75, 3.05) is 13.1 Å². The maximum atomic E-state index is 12.8. The van der Waals surface area contributed by atoms with E-state index in [1.807, 2.05) is 12.2 Å². The van der Waals surface area contributed by atoms with Crippen molar-refractivity contribution in [2.45, 2.75) is 25.8 Å². The van der Waals surface area contributed by atoms with E-state index in [4.69, 9.17) is 5.11 Å². The topological polar surface area (TPSA) is 40.5 Å². The lowest BCUT2D eigenvalue weighted by Crippen LogP contribution is -2.44. The molecular weight excluding hydrogens is 257 g/mol. The van der Waals surface area contributed by atoms with Crippen LogP contribution in [-0.2, 0) is 4.79 Å². The summed E-state index contributed by atoms with van der Waals surface area (Å²) in [7, 11) is 0. The lowest BCUT2D eigenvalue weighted by atomic mass is 9.93. The molecular formula is C16H20FNO2. The van der Waals surface area contributed by atoms with Gasteiger partial charge in [-0.15, -0.1) is 0 Å². The summed E-state index contributed by atoms with van der Waals surface area (Å²) in [6.07, 6.45) is 5.63. The third kappa shape index (κ3) is 3.90. The van der Waals surface area contributed by atoms with Gasteiger partial charge in [0.1, 0.15) is 5.82 Å². The number of carboxylic acid groups (broad SMARTS) is 1. The number of aliphatic carboxylic acids is 1. The van der Waals surface area contributed by atoms with Crippen LogP contribution < -0.4 is 0 Å². The Morgan fingerprint density at radius 3 is 2.75 bits per heavy atom. The molecule has 3 nitrogen and oxygen atoms in total. The van der Waals surface area contributed by atoms with Crippen molar-refractivity contribution in [3.05, 3.63) is 41.7 Å². The minimum absolute atomic E-state index is 0.240. The Bertz CT molecular complexity index is 484. The minimum Gasteiger partial charge on any atom is -0.481 e. The molecule has 0 saturated carbocycles. The summed E-state index contributed by atoms with van der Waals surface area (Å²) in [5.41, 5.74) is 0.950. The van der Waals surface area contributed by atoms with Crippen LogP contribution in [-0.4, -0.2) is 35.1 Å². The van der Waals surface area contributed by atoms with Crippen LogP contribution in [0.2, 0.25) is 0 Å². The average molecular weight is 277 g/mol. The van der Waals surface area contributed by atoms with Gasteiger partial charge in [0.15, 0.2) is 0 Å². The lowest BCUT2D eigenvalue weighted by Gasteiger charge is -2.35. The van der Waals surface area contributed by atoms with Gasteiger partial charge in [-0.3, -0.25) is 9.69 Å². The second kappa shape index (κ2) is 6.66. The number of hydrogen-bond acceptors (Lipinski definition) is 2. The summed E-state index contributed by atoms with van der Waals surface area (Å²) in [6, 6.07) is 6.73. The zero-order valence-corrected chi connectivity index (χ0v) is 11.6. The van der Waals surface area contributed by atoms with Gasteiger partial charge in [0.05, 0.1) is 5.92 Å². The third-order valence-corrected chi connectivity index (χ3v) is 3.88. The number of nitrogens with zero attached hydrogens (tertiary/aromatic N) is 1. The fourth-order valence-corrected chi connectivity index (χ4v) is 2.53. The van der Waals surface area contributed by atoms with Gasteiger partial charge < -0.3 is 5.11 Å². The molecule has 2 atom stereocenters. The molecule has 0 radical (unpaired) electrons. The van der Waals surface area contributed by atoms with Crippen molar-refractivity contribution in [1.82, 2.24) is 4.90 Å². The molecule has 4 heteroatoms. The smallest absolute Gasteiger partial charge is 0.307 e. The average Bonchev–Trinajstić information content (AvgIpc) is 2.43. The van der Waals surface area contributed by atoms with Crippen LogP contribution in [0.25, 0.3) is 6.08 Å². The molecule has 1 aromatic carbocycles. The molecule has 2 unspecified atom stereocenters. The second-order valence-electron chi connectivity index (χ2n) is 5.37. The van der Waals surface area contributed by atoms with E-state index >= 15 is 0 Å². The first-order valence-electron chi connectivity index (χ1n) is 6.95. The van der Waals surface area contributed by atoms with E-state index in [9.17, 15) is 9.18 Å². The highest BCUT2D eigenvalue weighted by molar-refractivity contribution is 5.70. The van der Waals surface area contributed by atoms with Crippen LogP contribution in [0, 0.1) is 11.7 Å². The Morgan fingerprint density at radius 1 is 1.40 bits per heavy atom. The highest BCUT2D eigenvalue weighted by atomic mass is 19.1. The Balaban J connectivity index is 1.91. The number of halogens is 1. The van der Waals surface area contributed by atoms with Crippen LogP contribution in [0.15, 0.2) is 30.3 Å². The first-order valence-corrected chi connectivity index (χ1v) is 6.95.